The predicted octanol–water partition coefficient (Wildman–Crippen LogP) is 6.35. The molecule has 0 unspecified atom stereocenters. The van der Waals surface area contributed by atoms with Crippen molar-refractivity contribution in [1.82, 2.24) is 9.97 Å². The summed E-state index contributed by atoms with van der Waals surface area (Å²) in [6, 6.07) is 32.2. The SMILES string of the molecule is CN(C(=N)N)c1ccc(-c2cnc3[nH]c4ccc(CS(=O)(=O)c5ccccc5)cc4c3c2-c2ccccc2)cc1. The van der Waals surface area contributed by atoms with Crippen molar-refractivity contribution in [3.05, 3.63) is 115 Å². The Hall–Kier alpha value is -4.95. The van der Waals surface area contributed by atoms with E-state index in [1.54, 1.807) is 36.2 Å². The first-order valence-corrected chi connectivity index (χ1v) is 14.4. The van der Waals surface area contributed by atoms with E-state index < -0.39 is 9.84 Å². The minimum Gasteiger partial charge on any atom is -0.370 e. The van der Waals surface area contributed by atoms with Crippen LogP contribution in [0.25, 0.3) is 44.2 Å². The molecule has 4 N–H and O–H groups in total. The first-order chi connectivity index (χ1) is 19.3. The van der Waals surface area contributed by atoms with E-state index in [2.05, 4.69) is 17.1 Å². The van der Waals surface area contributed by atoms with Gasteiger partial charge < -0.3 is 15.6 Å². The molecule has 0 saturated carbocycles. The third kappa shape index (κ3) is 4.58. The lowest BCUT2D eigenvalue weighted by Gasteiger charge is -2.18. The first kappa shape index (κ1) is 25.3. The zero-order valence-electron chi connectivity index (χ0n) is 21.8. The fourth-order valence-electron chi connectivity index (χ4n) is 5.05. The topological polar surface area (TPSA) is 116 Å². The second kappa shape index (κ2) is 9.98. The summed E-state index contributed by atoms with van der Waals surface area (Å²) in [4.78, 5) is 10.1. The summed E-state index contributed by atoms with van der Waals surface area (Å²) in [6.07, 6.45) is 1.87. The number of fused-ring (bicyclic) bond motifs is 3. The largest absolute Gasteiger partial charge is 0.370 e. The minimum atomic E-state index is -3.50. The van der Waals surface area contributed by atoms with Crippen LogP contribution in [0.4, 0.5) is 5.69 Å². The van der Waals surface area contributed by atoms with Crippen LogP contribution in [0.1, 0.15) is 5.56 Å². The number of nitrogens with zero attached hydrogens (tertiary/aromatic N) is 2. The van der Waals surface area contributed by atoms with Crippen LogP contribution in [0.3, 0.4) is 0 Å². The van der Waals surface area contributed by atoms with Gasteiger partial charge in [0, 0.05) is 46.3 Å². The summed E-state index contributed by atoms with van der Waals surface area (Å²) >= 11 is 0. The Balaban J connectivity index is 1.54. The fourth-order valence-corrected chi connectivity index (χ4v) is 6.41. The molecule has 6 rings (SSSR count). The van der Waals surface area contributed by atoms with E-state index in [0.29, 0.717) is 10.5 Å². The summed E-state index contributed by atoms with van der Waals surface area (Å²) in [5.74, 6) is -0.136. The number of nitrogens with one attached hydrogen (secondary N) is 2. The highest BCUT2D eigenvalue weighted by Gasteiger charge is 2.20. The highest BCUT2D eigenvalue weighted by atomic mass is 32.2. The quantitative estimate of drug-likeness (QED) is 0.167. The van der Waals surface area contributed by atoms with E-state index in [4.69, 9.17) is 16.1 Å². The number of rotatable bonds is 6. The third-order valence-corrected chi connectivity index (χ3v) is 8.84. The van der Waals surface area contributed by atoms with E-state index in [1.165, 1.54) is 0 Å². The molecule has 0 aliphatic carbocycles. The highest BCUT2D eigenvalue weighted by Crippen LogP contribution is 2.41. The van der Waals surface area contributed by atoms with Crippen molar-refractivity contribution in [3.8, 4) is 22.3 Å². The fraction of sp³-hybridized carbons (Fsp3) is 0.0625. The number of aromatic nitrogens is 2. The molecule has 0 amide bonds. The molecule has 6 aromatic rings. The van der Waals surface area contributed by atoms with Crippen molar-refractivity contribution in [2.75, 3.05) is 11.9 Å². The number of anilines is 1. The van der Waals surface area contributed by atoms with Crippen LogP contribution in [-0.2, 0) is 15.6 Å². The molecule has 2 heterocycles. The van der Waals surface area contributed by atoms with Gasteiger partial charge in [-0.25, -0.2) is 13.4 Å². The molecule has 0 aliphatic heterocycles. The van der Waals surface area contributed by atoms with Crippen molar-refractivity contribution in [2.45, 2.75) is 10.6 Å². The van der Waals surface area contributed by atoms with Crippen molar-refractivity contribution in [2.24, 2.45) is 5.73 Å². The first-order valence-electron chi connectivity index (χ1n) is 12.8. The van der Waals surface area contributed by atoms with Crippen LogP contribution in [0, 0.1) is 5.41 Å². The number of nitrogens with two attached hydrogens (primary N) is 1. The summed E-state index contributed by atoms with van der Waals surface area (Å²) in [6.45, 7) is 0. The number of H-pyrrole nitrogens is 1. The average Bonchev–Trinajstić information content (AvgIpc) is 3.35. The Morgan fingerprint density at radius 1 is 0.900 bits per heavy atom. The maximum absolute atomic E-state index is 13.1. The molecule has 2 aromatic heterocycles. The van der Waals surface area contributed by atoms with Crippen molar-refractivity contribution >= 4 is 43.4 Å². The summed E-state index contributed by atoms with van der Waals surface area (Å²) in [5.41, 5.74) is 12.7. The van der Waals surface area contributed by atoms with E-state index in [-0.39, 0.29) is 11.7 Å². The zero-order valence-corrected chi connectivity index (χ0v) is 22.6. The Labute approximate surface area is 232 Å². The van der Waals surface area contributed by atoms with E-state index in [0.717, 1.165) is 49.9 Å². The van der Waals surface area contributed by atoms with Crippen molar-refractivity contribution < 1.29 is 8.42 Å². The van der Waals surface area contributed by atoms with Crippen LogP contribution in [0.15, 0.2) is 114 Å². The number of sulfone groups is 1. The second-order valence-corrected chi connectivity index (χ2v) is 11.7. The third-order valence-electron chi connectivity index (χ3n) is 7.13. The average molecular weight is 546 g/mol. The van der Waals surface area contributed by atoms with Crippen LogP contribution >= 0.6 is 0 Å². The lowest BCUT2D eigenvalue weighted by Crippen LogP contribution is -2.32. The van der Waals surface area contributed by atoms with Gasteiger partial charge in [-0.3, -0.25) is 5.41 Å². The number of hydrogen-bond donors (Lipinski definition) is 3. The Morgan fingerprint density at radius 3 is 2.25 bits per heavy atom. The normalized spacial score (nSPS) is 11.6. The van der Waals surface area contributed by atoms with Crippen LogP contribution in [-0.4, -0.2) is 31.4 Å². The lowest BCUT2D eigenvalue weighted by molar-refractivity contribution is 0.595. The van der Waals surface area contributed by atoms with Gasteiger partial charge in [0.25, 0.3) is 0 Å². The molecule has 8 heteroatoms. The number of hydrogen-bond acceptors (Lipinski definition) is 4. The van der Waals surface area contributed by atoms with E-state index in [1.807, 2.05) is 72.9 Å². The van der Waals surface area contributed by atoms with Gasteiger partial charge >= 0.3 is 0 Å². The second-order valence-electron chi connectivity index (χ2n) is 9.70. The molecule has 40 heavy (non-hydrogen) atoms. The molecular weight excluding hydrogens is 518 g/mol. The van der Waals surface area contributed by atoms with Crippen LogP contribution < -0.4 is 10.6 Å². The molecule has 0 radical (unpaired) electrons. The van der Waals surface area contributed by atoms with Crippen LogP contribution in [0.2, 0.25) is 0 Å². The van der Waals surface area contributed by atoms with Gasteiger partial charge in [0.15, 0.2) is 15.8 Å². The Bertz CT molecular complexity index is 1970. The smallest absolute Gasteiger partial charge is 0.192 e. The van der Waals surface area contributed by atoms with E-state index in [9.17, 15) is 8.42 Å². The van der Waals surface area contributed by atoms with Crippen molar-refractivity contribution in [3.63, 3.8) is 0 Å². The molecule has 0 bridgehead atoms. The maximum atomic E-state index is 13.1. The molecule has 7 nitrogen and oxygen atoms in total. The van der Waals surface area contributed by atoms with Gasteiger partial charge in [-0.15, -0.1) is 0 Å². The Kier molecular flexibility index (Phi) is 6.32. The molecular formula is C32H27N5O2S. The summed E-state index contributed by atoms with van der Waals surface area (Å²) in [7, 11) is -1.75. The molecule has 0 atom stereocenters. The zero-order chi connectivity index (χ0) is 27.9. The van der Waals surface area contributed by atoms with Gasteiger partial charge in [0.05, 0.1) is 10.6 Å². The van der Waals surface area contributed by atoms with Crippen LogP contribution in [0.5, 0.6) is 0 Å². The summed E-state index contributed by atoms with van der Waals surface area (Å²) in [5, 5.41) is 9.57. The van der Waals surface area contributed by atoms with Crippen molar-refractivity contribution in [1.29, 1.82) is 5.41 Å². The molecule has 0 saturated heterocycles. The van der Waals surface area contributed by atoms with E-state index >= 15 is 0 Å². The molecule has 4 aromatic carbocycles. The molecule has 0 spiro atoms. The highest BCUT2D eigenvalue weighted by molar-refractivity contribution is 7.90. The van der Waals surface area contributed by atoms with Gasteiger partial charge in [0.1, 0.15) is 5.65 Å². The number of aromatic amines is 1. The predicted molar refractivity (Wildman–Crippen MR) is 162 cm³/mol. The van der Waals surface area contributed by atoms with Gasteiger partial charge in [-0.1, -0.05) is 66.7 Å². The van der Waals surface area contributed by atoms with Gasteiger partial charge in [-0.05, 0) is 53.1 Å². The standard InChI is InChI=1S/C32H27N5O2S/c1-37(32(33)34)24-15-13-22(14-16-24)27-19-35-31-30(29(27)23-8-4-2-5-9-23)26-18-21(12-17-28(26)36-31)20-40(38,39)25-10-6-3-7-11-25/h2-19H,20H2,1H3,(H3,33,34)(H,35,36). The number of pyridine rings is 1. The minimum absolute atomic E-state index is 0.0373. The molecule has 198 valence electrons. The molecule has 0 fully saturated rings. The number of guanidine groups is 1. The van der Waals surface area contributed by atoms with Gasteiger partial charge in [0.2, 0.25) is 0 Å². The summed E-state index contributed by atoms with van der Waals surface area (Å²) < 4.78 is 26.3. The maximum Gasteiger partial charge on any atom is 0.192 e. The van der Waals surface area contributed by atoms with Gasteiger partial charge in [-0.2, -0.15) is 0 Å². The molecule has 0 aliphatic rings. The monoisotopic (exact) mass is 545 g/mol. The number of benzene rings is 4. The lowest BCUT2D eigenvalue weighted by atomic mass is 9.92. The Morgan fingerprint density at radius 2 is 1.57 bits per heavy atom.